The molecule has 3 atom stereocenters. The molecule has 110 valence electrons. The van der Waals surface area contributed by atoms with Gasteiger partial charge < -0.3 is 20.9 Å². The van der Waals surface area contributed by atoms with E-state index in [1.807, 2.05) is 0 Å². The average Bonchev–Trinajstić information content (AvgIpc) is 2.33. The number of carboxylic acid groups (broad SMARTS) is 1. The van der Waals surface area contributed by atoms with Crippen molar-refractivity contribution in [3.63, 3.8) is 0 Å². The molecule has 0 spiro atoms. The van der Waals surface area contributed by atoms with Crippen molar-refractivity contribution in [2.45, 2.75) is 50.7 Å². The topological polar surface area (TPSA) is 102 Å². The van der Waals surface area contributed by atoms with Gasteiger partial charge in [0.15, 0.2) is 0 Å². The predicted octanol–water partition coefficient (Wildman–Crippen LogP) is 0.500. The summed E-state index contributed by atoms with van der Waals surface area (Å²) in [5.74, 6) is -0.705. The van der Waals surface area contributed by atoms with Crippen LogP contribution in [-0.2, 0) is 14.3 Å². The number of hydrogen-bond acceptors (Lipinski definition) is 4. The zero-order chi connectivity index (χ0) is 14.5. The van der Waals surface area contributed by atoms with E-state index in [4.69, 9.17) is 15.6 Å². The van der Waals surface area contributed by atoms with Crippen molar-refractivity contribution in [2.75, 3.05) is 13.7 Å². The number of rotatable bonds is 6. The fraction of sp³-hybridized carbons (Fsp3) is 0.846. The lowest BCUT2D eigenvalue weighted by atomic mass is 9.76. The maximum Gasteiger partial charge on any atom is 0.306 e. The molecule has 0 aromatic rings. The number of carboxylic acids is 1. The second-order valence-electron chi connectivity index (χ2n) is 5.52. The number of amides is 1. The number of carbonyl (C=O) groups is 2. The predicted molar refractivity (Wildman–Crippen MR) is 70.6 cm³/mol. The molecular formula is C13H24N2O4. The first-order valence-corrected chi connectivity index (χ1v) is 6.69. The highest BCUT2D eigenvalue weighted by Crippen LogP contribution is 2.30. The van der Waals surface area contributed by atoms with Crippen molar-refractivity contribution < 1.29 is 19.4 Å². The molecule has 19 heavy (non-hydrogen) atoms. The van der Waals surface area contributed by atoms with Gasteiger partial charge >= 0.3 is 5.97 Å². The minimum Gasteiger partial charge on any atom is -0.481 e. The van der Waals surface area contributed by atoms with Crippen LogP contribution in [0, 0.1) is 5.92 Å². The number of hydrogen-bond donors (Lipinski definition) is 3. The molecule has 1 saturated carbocycles. The van der Waals surface area contributed by atoms with Crippen LogP contribution in [0.1, 0.15) is 39.0 Å². The van der Waals surface area contributed by atoms with Gasteiger partial charge in [-0.3, -0.25) is 9.59 Å². The molecule has 1 fully saturated rings. The Morgan fingerprint density at radius 2 is 2.26 bits per heavy atom. The Morgan fingerprint density at radius 1 is 1.58 bits per heavy atom. The lowest BCUT2D eigenvalue weighted by molar-refractivity contribution is -0.140. The molecule has 0 saturated heterocycles. The Labute approximate surface area is 113 Å². The lowest BCUT2D eigenvalue weighted by Gasteiger charge is -2.35. The summed E-state index contributed by atoms with van der Waals surface area (Å²) < 4.78 is 5.02. The summed E-state index contributed by atoms with van der Waals surface area (Å²) in [5, 5.41) is 11.4. The van der Waals surface area contributed by atoms with E-state index in [-0.39, 0.29) is 18.9 Å². The third kappa shape index (κ3) is 4.80. The molecule has 0 aromatic carbocycles. The van der Waals surface area contributed by atoms with Gasteiger partial charge in [0.1, 0.15) is 0 Å². The molecule has 0 heterocycles. The number of aliphatic carboxylic acids is 1. The van der Waals surface area contributed by atoms with E-state index in [1.54, 1.807) is 0 Å². The van der Waals surface area contributed by atoms with E-state index in [9.17, 15) is 9.59 Å². The van der Waals surface area contributed by atoms with Crippen molar-refractivity contribution >= 4 is 11.9 Å². The SMILES string of the molecule is COC(CNC(=O)C1(N)CCCC(C)C1)CC(=O)O. The van der Waals surface area contributed by atoms with Gasteiger partial charge in [0, 0.05) is 13.7 Å². The smallest absolute Gasteiger partial charge is 0.306 e. The molecule has 0 aromatic heterocycles. The highest BCUT2D eigenvalue weighted by atomic mass is 16.5. The van der Waals surface area contributed by atoms with Gasteiger partial charge in [-0.1, -0.05) is 19.8 Å². The van der Waals surface area contributed by atoms with Crippen molar-refractivity contribution in [2.24, 2.45) is 11.7 Å². The maximum absolute atomic E-state index is 12.1. The van der Waals surface area contributed by atoms with Gasteiger partial charge in [-0.2, -0.15) is 0 Å². The van der Waals surface area contributed by atoms with E-state index in [0.717, 1.165) is 12.8 Å². The molecule has 4 N–H and O–H groups in total. The van der Waals surface area contributed by atoms with Crippen LogP contribution >= 0.6 is 0 Å². The summed E-state index contributed by atoms with van der Waals surface area (Å²) in [6, 6.07) is 0. The molecule has 0 radical (unpaired) electrons. The van der Waals surface area contributed by atoms with Crippen molar-refractivity contribution in [1.82, 2.24) is 5.32 Å². The minimum absolute atomic E-state index is 0.134. The van der Waals surface area contributed by atoms with Gasteiger partial charge in [-0.25, -0.2) is 0 Å². The van der Waals surface area contributed by atoms with Crippen LogP contribution in [0.5, 0.6) is 0 Å². The van der Waals surface area contributed by atoms with Gasteiger partial charge in [0.2, 0.25) is 5.91 Å². The molecule has 1 rings (SSSR count). The third-order valence-corrected chi connectivity index (χ3v) is 3.71. The van der Waals surface area contributed by atoms with Crippen LogP contribution < -0.4 is 11.1 Å². The fourth-order valence-corrected chi connectivity index (χ4v) is 2.61. The molecule has 1 aliphatic rings. The largest absolute Gasteiger partial charge is 0.481 e. The Kier molecular flexibility index (Phi) is 5.75. The van der Waals surface area contributed by atoms with Gasteiger partial charge in [-0.05, 0) is 18.8 Å². The van der Waals surface area contributed by atoms with Crippen LogP contribution in [0.15, 0.2) is 0 Å². The van der Waals surface area contributed by atoms with E-state index >= 15 is 0 Å². The summed E-state index contributed by atoms with van der Waals surface area (Å²) in [7, 11) is 1.43. The number of carbonyl (C=O) groups excluding carboxylic acids is 1. The van der Waals surface area contributed by atoms with Crippen LogP contribution in [-0.4, -0.2) is 42.3 Å². The molecular weight excluding hydrogens is 248 g/mol. The maximum atomic E-state index is 12.1. The van der Waals surface area contributed by atoms with E-state index in [1.165, 1.54) is 7.11 Å². The second-order valence-corrected chi connectivity index (χ2v) is 5.52. The first-order chi connectivity index (χ1) is 8.87. The fourth-order valence-electron chi connectivity index (χ4n) is 2.61. The third-order valence-electron chi connectivity index (χ3n) is 3.71. The summed E-state index contributed by atoms with van der Waals surface area (Å²) in [5.41, 5.74) is 5.33. The zero-order valence-corrected chi connectivity index (χ0v) is 11.6. The average molecular weight is 272 g/mol. The van der Waals surface area contributed by atoms with Crippen LogP contribution in [0.4, 0.5) is 0 Å². The Hall–Kier alpha value is -1.14. The van der Waals surface area contributed by atoms with Gasteiger partial charge in [0.05, 0.1) is 18.1 Å². The number of ether oxygens (including phenoxy) is 1. The second kappa shape index (κ2) is 6.86. The summed E-state index contributed by atoms with van der Waals surface area (Å²) in [6.45, 7) is 2.27. The minimum atomic E-state index is -0.949. The zero-order valence-electron chi connectivity index (χ0n) is 11.6. The first-order valence-electron chi connectivity index (χ1n) is 6.69. The molecule has 3 unspecified atom stereocenters. The molecule has 6 nitrogen and oxygen atoms in total. The Bertz CT molecular complexity index is 335. The van der Waals surface area contributed by atoms with Gasteiger partial charge in [0.25, 0.3) is 0 Å². The van der Waals surface area contributed by atoms with E-state index in [2.05, 4.69) is 12.2 Å². The Morgan fingerprint density at radius 3 is 2.79 bits per heavy atom. The summed E-state index contributed by atoms with van der Waals surface area (Å²) in [6.07, 6.45) is 2.76. The normalized spacial score (nSPS) is 28.7. The highest BCUT2D eigenvalue weighted by molar-refractivity contribution is 5.86. The lowest BCUT2D eigenvalue weighted by Crippen LogP contribution is -2.57. The number of methoxy groups -OCH3 is 1. The molecule has 1 aliphatic carbocycles. The Balaban J connectivity index is 2.47. The molecule has 0 aliphatic heterocycles. The van der Waals surface area contributed by atoms with Crippen molar-refractivity contribution in [3.8, 4) is 0 Å². The van der Waals surface area contributed by atoms with Crippen LogP contribution in [0.2, 0.25) is 0 Å². The van der Waals surface area contributed by atoms with E-state index in [0.29, 0.717) is 18.8 Å². The monoisotopic (exact) mass is 272 g/mol. The molecule has 1 amide bonds. The van der Waals surface area contributed by atoms with Crippen LogP contribution in [0.25, 0.3) is 0 Å². The van der Waals surface area contributed by atoms with Crippen LogP contribution in [0.3, 0.4) is 0 Å². The summed E-state index contributed by atoms with van der Waals surface area (Å²) in [4.78, 5) is 22.7. The quantitative estimate of drug-likeness (QED) is 0.653. The number of nitrogens with two attached hydrogens (primary N) is 1. The highest BCUT2D eigenvalue weighted by Gasteiger charge is 2.37. The van der Waals surface area contributed by atoms with Crippen molar-refractivity contribution in [3.05, 3.63) is 0 Å². The van der Waals surface area contributed by atoms with E-state index < -0.39 is 17.6 Å². The first kappa shape index (κ1) is 15.9. The standard InChI is InChI=1S/C13H24N2O4/c1-9-4-3-5-13(14,7-9)12(18)15-8-10(19-2)6-11(16)17/h9-10H,3-8,14H2,1-2H3,(H,15,18)(H,16,17). The van der Waals surface area contributed by atoms with Crippen molar-refractivity contribution in [1.29, 1.82) is 0 Å². The molecule has 0 bridgehead atoms. The number of nitrogens with one attached hydrogen (secondary N) is 1. The summed E-state index contributed by atoms with van der Waals surface area (Å²) >= 11 is 0. The van der Waals surface area contributed by atoms with Gasteiger partial charge in [-0.15, -0.1) is 0 Å². The molecule has 6 heteroatoms.